The summed E-state index contributed by atoms with van der Waals surface area (Å²) in [6.07, 6.45) is -0.727. The monoisotopic (exact) mass is 257 g/mol. The molecule has 2 saturated heterocycles. The summed E-state index contributed by atoms with van der Waals surface area (Å²) in [4.78, 5) is 14.2. The Kier molecular flexibility index (Phi) is 4.94. The number of rotatable bonds is 4. The zero-order valence-electron chi connectivity index (χ0n) is 10.9. The third-order valence-electron chi connectivity index (χ3n) is 3.73. The van der Waals surface area contributed by atoms with Crippen molar-refractivity contribution in [3.05, 3.63) is 0 Å². The number of hydrogen-bond acceptors (Lipinski definition) is 5. The van der Waals surface area contributed by atoms with Crippen LogP contribution in [0.1, 0.15) is 6.92 Å². The predicted octanol–water partition coefficient (Wildman–Crippen LogP) is -1.60. The van der Waals surface area contributed by atoms with Crippen LogP contribution in [-0.2, 0) is 9.53 Å². The van der Waals surface area contributed by atoms with Crippen molar-refractivity contribution in [1.29, 1.82) is 0 Å². The summed E-state index contributed by atoms with van der Waals surface area (Å²) in [6.45, 7) is 7.08. The van der Waals surface area contributed by atoms with Crippen LogP contribution in [0, 0.1) is 5.92 Å². The van der Waals surface area contributed by atoms with E-state index in [2.05, 4.69) is 22.5 Å². The first-order valence-electron chi connectivity index (χ1n) is 6.71. The van der Waals surface area contributed by atoms with E-state index in [1.54, 1.807) is 0 Å². The fourth-order valence-corrected chi connectivity index (χ4v) is 2.42. The van der Waals surface area contributed by atoms with E-state index in [4.69, 9.17) is 4.74 Å². The van der Waals surface area contributed by atoms with Crippen LogP contribution in [0.5, 0.6) is 0 Å². The number of amides is 1. The lowest BCUT2D eigenvalue weighted by Crippen LogP contribution is -2.50. The lowest BCUT2D eigenvalue weighted by atomic mass is 10.1. The number of carbonyl (C=O) groups excluding carboxylic acids is 1. The van der Waals surface area contributed by atoms with Crippen molar-refractivity contribution in [2.75, 3.05) is 45.9 Å². The van der Waals surface area contributed by atoms with Gasteiger partial charge >= 0.3 is 0 Å². The molecule has 2 heterocycles. The van der Waals surface area contributed by atoms with Crippen molar-refractivity contribution in [1.82, 2.24) is 15.5 Å². The standard InChI is InChI=1S/C12H23N3O3/c1-2-15-3-4-18-11(8-15)12(17)14-6-9-5-13-7-10(9)16/h9-11,13,16H,2-8H2,1H3,(H,14,17). The molecule has 0 aromatic carbocycles. The van der Waals surface area contributed by atoms with Crippen LogP contribution in [0.4, 0.5) is 0 Å². The second kappa shape index (κ2) is 6.47. The van der Waals surface area contributed by atoms with Crippen LogP contribution in [-0.4, -0.2) is 74.0 Å². The third-order valence-corrected chi connectivity index (χ3v) is 3.73. The maximum absolute atomic E-state index is 12.0. The van der Waals surface area contributed by atoms with E-state index >= 15 is 0 Å². The van der Waals surface area contributed by atoms with Gasteiger partial charge in [0.25, 0.3) is 0 Å². The first kappa shape index (κ1) is 13.7. The number of morpholine rings is 1. The quantitative estimate of drug-likeness (QED) is 0.566. The molecule has 0 bridgehead atoms. The van der Waals surface area contributed by atoms with E-state index in [1.165, 1.54) is 0 Å². The molecule has 18 heavy (non-hydrogen) atoms. The molecule has 104 valence electrons. The minimum atomic E-state index is -0.370. The molecule has 2 aliphatic heterocycles. The molecular formula is C12H23N3O3. The molecule has 3 atom stereocenters. The molecule has 2 aliphatic rings. The number of aliphatic hydroxyl groups excluding tert-OH is 1. The Balaban J connectivity index is 1.73. The van der Waals surface area contributed by atoms with Gasteiger partial charge in [-0.1, -0.05) is 6.92 Å². The van der Waals surface area contributed by atoms with E-state index in [9.17, 15) is 9.90 Å². The van der Waals surface area contributed by atoms with Crippen LogP contribution >= 0.6 is 0 Å². The van der Waals surface area contributed by atoms with Crippen LogP contribution < -0.4 is 10.6 Å². The first-order valence-corrected chi connectivity index (χ1v) is 6.71. The van der Waals surface area contributed by atoms with Gasteiger partial charge in [-0.05, 0) is 6.54 Å². The van der Waals surface area contributed by atoms with Crippen LogP contribution in [0.15, 0.2) is 0 Å². The molecular weight excluding hydrogens is 234 g/mol. The van der Waals surface area contributed by atoms with E-state index in [0.29, 0.717) is 26.2 Å². The van der Waals surface area contributed by atoms with E-state index in [-0.39, 0.29) is 24.0 Å². The largest absolute Gasteiger partial charge is 0.391 e. The molecule has 2 rings (SSSR count). The number of aliphatic hydroxyl groups is 1. The third kappa shape index (κ3) is 3.41. The molecule has 0 aromatic rings. The number of hydrogen-bond donors (Lipinski definition) is 3. The predicted molar refractivity (Wildman–Crippen MR) is 67.2 cm³/mol. The summed E-state index contributed by atoms with van der Waals surface area (Å²) in [7, 11) is 0. The second-order valence-electron chi connectivity index (χ2n) is 4.98. The smallest absolute Gasteiger partial charge is 0.250 e. The summed E-state index contributed by atoms with van der Waals surface area (Å²) in [5, 5.41) is 15.6. The fraction of sp³-hybridized carbons (Fsp3) is 0.917. The summed E-state index contributed by atoms with van der Waals surface area (Å²) in [6, 6.07) is 0. The molecule has 6 nitrogen and oxygen atoms in total. The second-order valence-corrected chi connectivity index (χ2v) is 4.98. The summed E-state index contributed by atoms with van der Waals surface area (Å²) in [5.74, 6) is 0.0482. The topological polar surface area (TPSA) is 73.8 Å². The van der Waals surface area contributed by atoms with E-state index < -0.39 is 0 Å². The Labute approximate surface area is 108 Å². The maximum atomic E-state index is 12.0. The van der Waals surface area contributed by atoms with Crippen molar-refractivity contribution in [2.24, 2.45) is 5.92 Å². The van der Waals surface area contributed by atoms with Gasteiger partial charge in [-0.15, -0.1) is 0 Å². The molecule has 0 aliphatic carbocycles. The average molecular weight is 257 g/mol. The Morgan fingerprint density at radius 3 is 3.06 bits per heavy atom. The summed E-state index contributed by atoms with van der Waals surface area (Å²) >= 11 is 0. The highest BCUT2D eigenvalue weighted by Gasteiger charge is 2.29. The number of likely N-dealkylation sites (N-methyl/N-ethyl adjacent to an activating group) is 1. The van der Waals surface area contributed by atoms with Gasteiger partial charge in [0.2, 0.25) is 5.91 Å². The minimum Gasteiger partial charge on any atom is -0.391 e. The molecule has 0 saturated carbocycles. The molecule has 2 fully saturated rings. The lowest BCUT2D eigenvalue weighted by Gasteiger charge is -2.31. The Bertz CT molecular complexity index is 288. The number of nitrogens with one attached hydrogen (secondary N) is 2. The van der Waals surface area contributed by atoms with Gasteiger partial charge in [0.05, 0.1) is 12.7 Å². The fourth-order valence-electron chi connectivity index (χ4n) is 2.42. The highest BCUT2D eigenvalue weighted by molar-refractivity contribution is 5.81. The van der Waals surface area contributed by atoms with Crippen LogP contribution in [0.2, 0.25) is 0 Å². The van der Waals surface area contributed by atoms with E-state index in [1.807, 2.05) is 0 Å². The van der Waals surface area contributed by atoms with Gasteiger partial charge in [0, 0.05) is 38.6 Å². The van der Waals surface area contributed by atoms with Gasteiger partial charge in [0.15, 0.2) is 0 Å². The number of ether oxygens (including phenoxy) is 1. The van der Waals surface area contributed by atoms with E-state index in [0.717, 1.165) is 19.6 Å². The molecule has 0 aromatic heterocycles. The Hall–Kier alpha value is -0.690. The van der Waals surface area contributed by atoms with Crippen molar-refractivity contribution in [2.45, 2.75) is 19.1 Å². The van der Waals surface area contributed by atoms with Gasteiger partial charge in [-0.25, -0.2) is 0 Å². The molecule has 3 unspecified atom stereocenters. The first-order chi connectivity index (χ1) is 8.70. The van der Waals surface area contributed by atoms with Gasteiger partial charge < -0.3 is 20.5 Å². The normalized spacial score (nSPS) is 33.6. The highest BCUT2D eigenvalue weighted by atomic mass is 16.5. The van der Waals surface area contributed by atoms with Crippen molar-refractivity contribution < 1.29 is 14.6 Å². The lowest BCUT2D eigenvalue weighted by molar-refractivity contribution is -0.138. The Morgan fingerprint density at radius 2 is 2.39 bits per heavy atom. The summed E-state index contributed by atoms with van der Waals surface area (Å²) in [5.41, 5.74) is 0. The Morgan fingerprint density at radius 1 is 1.56 bits per heavy atom. The summed E-state index contributed by atoms with van der Waals surface area (Å²) < 4.78 is 5.48. The number of β-amino-alcohol motifs (C(OH)–C–C–N with tert-alkyl or cyclic N) is 1. The zero-order chi connectivity index (χ0) is 13.0. The van der Waals surface area contributed by atoms with Crippen molar-refractivity contribution >= 4 is 5.91 Å². The molecule has 3 N–H and O–H groups in total. The number of carbonyl (C=O) groups is 1. The van der Waals surface area contributed by atoms with Crippen LogP contribution in [0.25, 0.3) is 0 Å². The van der Waals surface area contributed by atoms with Crippen molar-refractivity contribution in [3.63, 3.8) is 0 Å². The molecule has 1 amide bonds. The molecule has 0 radical (unpaired) electrons. The molecule has 6 heteroatoms. The maximum Gasteiger partial charge on any atom is 0.250 e. The average Bonchev–Trinajstić information content (AvgIpc) is 2.81. The zero-order valence-corrected chi connectivity index (χ0v) is 10.9. The van der Waals surface area contributed by atoms with Crippen molar-refractivity contribution in [3.8, 4) is 0 Å². The molecule has 0 spiro atoms. The highest BCUT2D eigenvalue weighted by Crippen LogP contribution is 2.08. The number of nitrogens with zero attached hydrogens (tertiary/aromatic N) is 1. The van der Waals surface area contributed by atoms with Gasteiger partial charge in [-0.2, -0.15) is 0 Å². The van der Waals surface area contributed by atoms with Gasteiger partial charge in [0.1, 0.15) is 6.10 Å². The van der Waals surface area contributed by atoms with Gasteiger partial charge in [-0.3, -0.25) is 9.69 Å². The SMILES string of the molecule is CCN1CCOC(C(=O)NCC2CNCC2O)C1. The van der Waals surface area contributed by atoms with Crippen LogP contribution in [0.3, 0.4) is 0 Å². The minimum absolute atomic E-state index is 0.0627.